The quantitative estimate of drug-likeness (QED) is 0.575. The molecule has 2 heteroatoms. The molecule has 2 aromatic carbocycles. The first kappa shape index (κ1) is 18.5. The number of hydrogen-bond donors (Lipinski definition) is 0. The molecule has 2 aromatic rings. The van der Waals surface area contributed by atoms with E-state index in [0.29, 0.717) is 11.5 Å². The molecule has 0 spiro atoms. The molecule has 2 rings (SSSR count). The van der Waals surface area contributed by atoms with Crippen LogP contribution in [-0.2, 0) is 12.8 Å². The highest BCUT2D eigenvalue weighted by Crippen LogP contribution is 2.33. The van der Waals surface area contributed by atoms with Crippen molar-refractivity contribution in [2.45, 2.75) is 53.9 Å². The van der Waals surface area contributed by atoms with Gasteiger partial charge in [0.2, 0.25) is 0 Å². The molecular weight excluding hydrogens is 299 g/mol. The smallest absolute Gasteiger partial charge is 0.126 e. The van der Waals surface area contributed by atoms with E-state index in [2.05, 4.69) is 39.8 Å². The Hall–Kier alpha value is -1.83. The van der Waals surface area contributed by atoms with E-state index in [1.54, 1.807) is 13.0 Å². The SMILES string of the molecule is CCc1cc(-c2ccc(C)c(F)c2)c(CC)cc1OCC(C)CC. The molecule has 0 radical (unpaired) electrons. The van der Waals surface area contributed by atoms with Gasteiger partial charge in [0.15, 0.2) is 0 Å². The summed E-state index contributed by atoms with van der Waals surface area (Å²) in [6.07, 6.45) is 2.92. The molecular formula is C22H29FO. The number of ether oxygens (including phenoxy) is 1. The number of aryl methyl sites for hydroxylation is 3. The van der Waals surface area contributed by atoms with Crippen molar-refractivity contribution in [1.82, 2.24) is 0 Å². The van der Waals surface area contributed by atoms with Crippen LogP contribution in [0.25, 0.3) is 11.1 Å². The monoisotopic (exact) mass is 328 g/mol. The standard InChI is InChI=1S/C22H29FO/c1-6-15(4)14-24-22-13-17(7-2)20(11-18(22)8-3)19-10-9-16(5)21(23)12-19/h9-13,15H,6-8,14H2,1-5H3. The lowest BCUT2D eigenvalue weighted by molar-refractivity contribution is 0.254. The van der Waals surface area contributed by atoms with E-state index in [0.717, 1.165) is 42.7 Å². The maximum atomic E-state index is 14.0. The van der Waals surface area contributed by atoms with Crippen LogP contribution in [0, 0.1) is 18.7 Å². The fourth-order valence-corrected chi connectivity index (χ4v) is 2.75. The molecule has 1 atom stereocenters. The Morgan fingerprint density at radius 2 is 1.71 bits per heavy atom. The highest BCUT2D eigenvalue weighted by molar-refractivity contribution is 5.70. The van der Waals surface area contributed by atoms with Crippen LogP contribution in [0.1, 0.15) is 50.8 Å². The van der Waals surface area contributed by atoms with E-state index in [4.69, 9.17) is 4.74 Å². The van der Waals surface area contributed by atoms with Gasteiger partial charge in [0.05, 0.1) is 6.61 Å². The van der Waals surface area contributed by atoms with E-state index in [9.17, 15) is 4.39 Å². The van der Waals surface area contributed by atoms with Crippen molar-refractivity contribution in [3.63, 3.8) is 0 Å². The third kappa shape index (κ3) is 4.17. The van der Waals surface area contributed by atoms with Gasteiger partial charge in [-0.05, 0) is 71.7 Å². The van der Waals surface area contributed by atoms with Crippen LogP contribution in [0.4, 0.5) is 4.39 Å². The average molecular weight is 328 g/mol. The number of hydrogen-bond acceptors (Lipinski definition) is 1. The molecule has 0 N–H and O–H groups in total. The first-order chi connectivity index (χ1) is 11.5. The Bertz CT molecular complexity index is 691. The molecule has 0 heterocycles. The van der Waals surface area contributed by atoms with Crippen LogP contribution in [0.2, 0.25) is 0 Å². The van der Waals surface area contributed by atoms with Crippen molar-refractivity contribution in [1.29, 1.82) is 0 Å². The fraction of sp³-hybridized carbons (Fsp3) is 0.455. The molecule has 1 nitrogen and oxygen atoms in total. The number of halogens is 1. The van der Waals surface area contributed by atoms with Crippen molar-refractivity contribution in [2.75, 3.05) is 6.61 Å². The first-order valence-electron chi connectivity index (χ1n) is 9.05. The summed E-state index contributed by atoms with van der Waals surface area (Å²) in [5, 5.41) is 0. The fourth-order valence-electron chi connectivity index (χ4n) is 2.75. The van der Waals surface area contributed by atoms with Crippen molar-refractivity contribution in [3.05, 3.63) is 52.8 Å². The van der Waals surface area contributed by atoms with E-state index < -0.39 is 0 Å². The Labute approximate surface area is 145 Å². The van der Waals surface area contributed by atoms with E-state index >= 15 is 0 Å². The molecule has 130 valence electrons. The summed E-state index contributed by atoms with van der Waals surface area (Å²) in [5.41, 5.74) is 5.13. The maximum absolute atomic E-state index is 14.0. The van der Waals surface area contributed by atoms with Gasteiger partial charge in [0.25, 0.3) is 0 Å². The van der Waals surface area contributed by atoms with Crippen molar-refractivity contribution >= 4 is 0 Å². The van der Waals surface area contributed by atoms with E-state index in [1.807, 2.05) is 12.1 Å². The van der Waals surface area contributed by atoms with Crippen molar-refractivity contribution < 1.29 is 9.13 Å². The van der Waals surface area contributed by atoms with Gasteiger partial charge in [-0.2, -0.15) is 0 Å². The second-order valence-corrected chi connectivity index (χ2v) is 6.61. The third-order valence-electron chi connectivity index (χ3n) is 4.75. The zero-order valence-corrected chi connectivity index (χ0v) is 15.6. The Balaban J connectivity index is 2.43. The van der Waals surface area contributed by atoms with E-state index in [1.165, 1.54) is 11.1 Å². The largest absolute Gasteiger partial charge is 0.493 e. The Morgan fingerprint density at radius 1 is 1.00 bits per heavy atom. The average Bonchev–Trinajstić information content (AvgIpc) is 2.61. The van der Waals surface area contributed by atoms with Gasteiger partial charge in [-0.3, -0.25) is 0 Å². The molecule has 0 aromatic heterocycles. The predicted octanol–water partition coefficient (Wildman–Crippen LogP) is 6.35. The zero-order chi connectivity index (χ0) is 17.7. The summed E-state index contributed by atoms with van der Waals surface area (Å²) >= 11 is 0. The van der Waals surface area contributed by atoms with Crippen molar-refractivity contribution in [3.8, 4) is 16.9 Å². The minimum Gasteiger partial charge on any atom is -0.493 e. The molecule has 0 saturated heterocycles. The van der Waals surface area contributed by atoms with Gasteiger partial charge >= 0.3 is 0 Å². The summed E-state index contributed by atoms with van der Waals surface area (Å²) in [7, 11) is 0. The van der Waals surface area contributed by atoms with Crippen LogP contribution < -0.4 is 4.74 Å². The highest BCUT2D eigenvalue weighted by atomic mass is 19.1. The van der Waals surface area contributed by atoms with Crippen LogP contribution in [-0.4, -0.2) is 6.61 Å². The van der Waals surface area contributed by atoms with Gasteiger partial charge in [0, 0.05) is 0 Å². The minimum absolute atomic E-state index is 0.148. The summed E-state index contributed by atoms with van der Waals surface area (Å²) in [6, 6.07) is 9.82. The molecule has 0 aliphatic carbocycles. The summed E-state index contributed by atoms with van der Waals surface area (Å²) in [6.45, 7) is 11.2. The molecule has 1 unspecified atom stereocenters. The lowest BCUT2D eigenvalue weighted by Crippen LogP contribution is -2.09. The van der Waals surface area contributed by atoms with Gasteiger partial charge in [-0.25, -0.2) is 4.39 Å². The highest BCUT2D eigenvalue weighted by Gasteiger charge is 2.13. The molecule has 24 heavy (non-hydrogen) atoms. The number of rotatable bonds is 7. The first-order valence-corrected chi connectivity index (χ1v) is 9.05. The summed E-state index contributed by atoms with van der Waals surface area (Å²) in [5.74, 6) is 1.38. The molecule has 0 saturated carbocycles. The molecule has 0 aliphatic rings. The second-order valence-electron chi connectivity index (χ2n) is 6.61. The van der Waals surface area contributed by atoms with Crippen LogP contribution >= 0.6 is 0 Å². The summed E-state index contributed by atoms with van der Waals surface area (Å²) < 4.78 is 20.1. The van der Waals surface area contributed by atoms with Gasteiger partial charge < -0.3 is 4.74 Å². The lowest BCUT2D eigenvalue weighted by atomic mass is 9.93. The number of benzene rings is 2. The lowest BCUT2D eigenvalue weighted by Gasteiger charge is -2.18. The summed E-state index contributed by atoms with van der Waals surface area (Å²) in [4.78, 5) is 0. The second kappa shape index (κ2) is 8.32. The molecule has 0 fully saturated rings. The normalized spacial score (nSPS) is 12.2. The third-order valence-corrected chi connectivity index (χ3v) is 4.75. The molecule has 0 aliphatic heterocycles. The maximum Gasteiger partial charge on any atom is 0.126 e. The zero-order valence-electron chi connectivity index (χ0n) is 15.6. The van der Waals surface area contributed by atoms with E-state index in [-0.39, 0.29) is 5.82 Å². The molecule has 0 amide bonds. The minimum atomic E-state index is -0.148. The van der Waals surface area contributed by atoms with Crippen LogP contribution in [0.5, 0.6) is 5.75 Å². The van der Waals surface area contributed by atoms with Crippen LogP contribution in [0.15, 0.2) is 30.3 Å². The van der Waals surface area contributed by atoms with Crippen LogP contribution in [0.3, 0.4) is 0 Å². The van der Waals surface area contributed by atoms with Gasteiger partial charge in [0.1, 0.15) is 11.6 Å². The Kier molecular flexibility index (Phi) is 6.42. The predicted molar refractivity (Wildman–Crippen MR) is 100 cm³/mol. The van der Waals surface area contributed by atoms with Gasteiger partial charge in [-0.1, -0.05) is 46.2 Å². The van der Waals surface area contributed by atoms with Gasteiger partial charge in [-0.15, -0.1) is 0 Å². The molecule has 0 bridgehead atoms. The topological polar surface area (TPSA) is 9.23 Å². The van der Waals surface area contributed by atoms with Crippen molar-refractivity contribution in [2.24, 2.45) is 5.92 Å². The Morgan fingerprint density at radius 3 is 2.29 bits per heavy atom.